The number of ketones is 2. The van der Waals surface area contributed by atoms with Gasteiger partial charge in [0, 0.05) is 16.8 Å². The number of anilines is 1. The average Bonchev–Trinajstić information content (AvgIpc) is 2.83. The zero-order chi connectivity index (χ0) is 21.8. The van der Waals surface area contributed by atoms with Crippen molar-refractivity contribution in [1.82, 2.24) is 0 Å². The standard InChI is InChI=1S/C26H21NO4/c28-23(18-9-2-1-3-10-18)25(30)21-12-6-7-13-22(21)27-26(31)24(29)20-15-14-17-8-4-5-11-19(17)16-20/h1-16,23,26-28,31H. The molecule has 4 aromatic rings. The number of para-hydroxylation sites is 1. The lowest BCUT2D eigenvalue weighted by atomic mass is 9.98. The van der Waals surface area contributed by atoms with Crippen molar-refractivity contribution in [1.29, 1.82) is 0 Å². The second kappa shape index (κ2) is 8.92. The highest BCUT2D eigenvalue weighted by Gasteiger charge is 2.24. The van der Waals surface area contributed by atoms with Crippen molar-refractivity contribution >= 4 is 28.0 Å². The summed E-state index contributed by atoms with van der Waals surface area (Å²) < 4.78 is 0. The maximum absolute atomic E-state index is 12.9. The van der Waals surface area contributed by atoms with E-state index in [1.54, 1.807) is 66.7 Å². The highest BCUT2D eigenvalue weighted by molar-refractivity contribution is 6.06. The van der Waals surface area contributed by atoms with Crippen molar-refractivity contribution in [2.24, 2.45) is 0 Å². The van der Waals surface area contributed by atoms with E-state index >= 15 is 0 Å². The zero-order valence-corrected chi connectivity index (χ0v) is 16.6. The number of benzene rings is 4. The third kappa shape index (κ3) is 4.38. The first-order chi connectivity index (χ1) is 15.0. The van der Waals surface area contributed by atoms with Gasteiger partial charge < -0.3 is 15.5 Å². The van der Waals surface area contributed by atoms with Gasteiger partial charge in [0.1, 0.15) is 6.10 Å². The molecule has 0 fully saturated rings. The van der Waals surface area contributed by atoms with E-state index in [2.05, 4.69) is 5.32 Å². The van der Waals surface area contributed by atoms with E-state index in [-0.39, 0.29) is 11.3 Å². The van der Waals surface area contributed by atoms with Crippen molar-refractivity contribution in [3.8, 4) is 0 Å². The van der Waals surface area contributed by atoms with E-state index in [0.29, 0.717) is 11.1 Å². The summed E-state index contributed by atoms with van der Waals surface area (Å²) in [7, 11) is 0. The van der Waals surface area contributed by atoms with Crippen LogP contribution in [0.4, 0.5) is 5.69 Å². The molecule has 31 heavy (non-hydrogen) atoms. The van der Waals surface area contributed by atoms with E-state index < -0.39 is 23.9 Å². The predicted molar refractivity (Wildman–Crippen MR) is 120 cm³/mol. The molecule has 0 saturated heterocycles. The van der Waals surface area contributed by atoms with Gasteiger partial charge in [-0.3, -0.25) is 9.59 Å². The molecule has 0 aromatic heterocycles. The molecule has 0 radical (unpaired) electrons. The maximum Gasteiger partial charge on any atom is 0.211 e. The van der Waals surface area contributed by atoms with Crippen LogP contribution in [0.3, 0.4) is 0 Å². The molecule has 0 saturated carbocycles. The molecule has 5 nitrogen and oxygen atoms in total. The molecular weight excluding hydrogens is 390 g/mol. The Morgan fingerprint density at radius 2 is 1.32 bits per heavy atom. The first-order valence-corrected chi connectivity index (χ1v) is 9.88. The topological polar surface area (TPSA) is 86.6 Å². The molecule has 5 heteroatoms. The van der Waals surface area contributed by atoms with Crippen LogP contribution in [0.2, 0.25) is 0 Å². The summed E-state index contributed by atoms with van der Waals surface area (Å²) in [5.74, 6) is -1.05. The van der Waals surface area contributed by atoms with Gasteiger partial charge in [-0.2, -0.15) is 0 Å². The molecule has 0 aliphatic heterocycles. The monoisotopic (exact) mass is 411 g/mol. The lowest BCUT2D eigenvalue weighted by molar-refractivity contribution is 0.0744. The van der Waals surface area contributed by atoms with Gasteiger partial charge in [0.2, 0.25) is 5.78 Å². The fourth-order valence-corrected chi connectivity index (χ4v) is 3.47. The normalized spacial score (nSPS) is 12.8. The molecule has 0 amide bonds. The van der Waals surface area contributed by atoms with Crippen LogP contribution >= 0.6 is 0 Å². The number of fused-ring (bicyclic) bond motifs is 1. The lowest BCUT2D eigenvalue weighted by Gasteiger charge is -2.18. The van der Waals surface area contributed by atoms with Crippen molar-refractivity contribution in [2.75, 3.05) is 5.32 Å². The quantitative estimate of drug-likeness (QED) is 0.311. The number of aliphatic hydroxyl groups excluding tert-OH is 2. The summed E-state index contributed by atoms with van der Waals surface area (Å²) >= 11 is 0. The first-order valence-electron chi connectivity index (χ1n) is 9.88. The molecule has 4 aromatic carbocycles. The molecule has 4 rings (SSSR count). The minimum absolute atomic E-state index is 0.184. The summed E-state index contributed by atoms with van der Waals surface area (Å²) in [4.78, 5) is 25.7. The maximum atomic E-state index is 12.9. The van der Waals surface area contributed by atoms with Crippen LogP contribution in [-0.4, -0.2) is 28.0 Å². The Kier molecular flexibility index (Phi) is 5.89. The molecule has 2 unspecified atom stereocenters. The second-order valence-electron chi connectivity index (χ2n) is 7.20. The highest BCUT2D eigenvalue weighted by Crippen LogP contribution is 2.25. The molecule has 154 valence electrons. The zero-order valence-electron chi connectivity index (χ0n) is 16.6. The van der Waals surface area contributed by atoms with Gasteiger partial charge in [-0.1, -0.05) is 78.9 Å². The highest BCUT2D eigenvalue weighted by atomic mass is 16.3. The number of hydrogen-bond acceptors (Lipinski definition) is 5. The number of aliphatic hydroxyl groups is 2. The largest absolute Gasteiger partial charge is 0.380 e. The summed E-state index contributed by atoms with van der Waals surface area (Å²) in [6.45, 7) is 0. The summed E-state index contributed by atoms with van der Waals surface area (Å²) in [5.41, 5.74) is 1.27. The van der Waals surface area contributed by atoms with Gasteiger partial charge >= 0.3 is 0 Å². The Labute approximate surface area is 179 Å². The van der Waals surface area contributed by atoms with E-state index in [1.165, 1.54) is 0 Å². The van der Waals surface area contributed by atoms with Crippen molar-refractivity contribution < 1.29 is 19.8 Å². The van der Waals surface area contributed by atoms with Crippen LogP contribution in [0.1, 0.15) is 32.4 Å². The Morgan fingerprint density at radius 3 is 2.10 bits per heavy atom. The molecule has 0 bridgehead atoms. The van der Waals surface area contributed by atoms with Gasteiger partial charge in [-0.05, 0) is 34.5 Å². The van der Waals surface area contributed by atoms with Gasteiger partial charge in [0.15, 0.2) is 12.0 Å². The van der Waals surface area contributed by atoms with E-state index in [9.17, 15) is 19.8 Å². The Balaban J connectivity index is 1.56. The Morgan fingerprint density at radius 1 is 0.677 bits per heavy atom. The smallest absolute Gasteiger partial charge is 0.211 e. The predicted octanol–water partition coefficient (Wildman–Crippen LogP) is 4.37. The minimum atomic E-state index is -1.55. The second-order valence-corrected chi connectivity index (χ2v) is 7.20. The van der Waals surface area contributed by atoms with Gasteiger partial charge in [0.05, 0.1) is 0 Å². The SMILES string of the molecule is O=C(c1ccc2ccccc2c1)C(O)Nc1ccccc1C(=O)C(O)c1ccccc1. The van der Waals surface area contributed by atoms with E-state index in [0.717, 1.165) is 10.8 Å². The third-order valence-corrected chi connectivity index (χ3v) is 5.13. The Hall–Kier alpha value is -3.80. The van der Waals surface area contributed by atoms with E-state index in [4.69, 9.17) is 0 Å². The van der Waals surface area contributed by atoms with Crippen molar-refractivity contribution in [2.45, 2.75) is 12.3 Å². The van der Waals surface area contributed by atoms with Crippen LogP contribution in [0, 0.1) is 0 Å². The number of rotatable bonds is 7. The summed E-state index contributed by atoms with van der Waals surface area (Å²) in [6.07, 6.45) is -2.90. The lowest BCUT2D eigenvalue weighted by Crippen LogP contribution is -2.30. The third-order valence-electron chi connectivity index (χ3n) is 5.13. The van der Waals surface area contributed by atoms with Crippen LogP contribution in [-0.2, 0) is 0 Å². The van der Waals surface area contributed by atoms with Crippen molar-refractivity contribution in [3.05, 3.63) is 114 Å². The molecule has 0 aliphatic carbocycles. The molecule has 0 heterocycles. The number of Topliss-reactive ketones (excluding diaryl/α,β-unsaturated/α-hetero) is 2. The number of nitrogens with one attached hydrogen (secondary N) is 1. The van der Waals surface area contributed by atoms with Crippen LogP contribution in [0.5, 0.6) is 0 Å². The molecule has 0 spiro atoms. The van der Waals surface area contributed by atoms with Crippen LogP contribution in [0.15, 0.2) is 97.1 Å². The summed E-state index contributed by atoms with van der Waals surface area (Å²) in [6, 6.07) is 27.9. The fourth-order valence-electron chi connectivity index (χ4n) is 3.47. The number of hydrogen-bond donors (Lipinski definition) is 3. The molecule has 2 atom stereocenters. The number of carbonyl (C=O) groups is 2. The Bertz CT molecular complexity index is 1240. The van der Waals surface area contributed by atoms with Crippen LogP contribution in [0.25, 0.3) is 10.8 Å². The minimum Gasteiger partial charge on any atom is -0.380 e. The van der Waals surface area contributed by atoms with Gasteiger partial charge in [-0.15, -0.1) is 0 Å². The average molecular weight is 411 g/mol. The van der Waals surface area contributed by atoms with Gasteiger partial charge in [-0.25, -0.2) is 0 Å². The van der Waals surface area contributed by atoms with Crippen LogP contribution < -0.4 is 5.32 Å². The molecule has 3 N–H and O–H groups in total. The first kappa shape index (κ1) is 20.5. The van der Waals surface area contributed by atoms with E-state index in [1.807, 2.05) is 30.3 Å². The van der Waals surface area contributed by atoms with Crippen molar-refractivity contribution in [3.63, 3.8) is 0 Å². The van der Waals surface area contributed by atoms with Gasteiger partial charge in [0.25, 0.3) is 0 Å². The molecule has 0 aliphatic rings. The summed E-state index contributed by atoms with van der Waals surface area (Å²) in [5, 5.41) is 25.6. The fraction of sp³-hybridized carbons (Fsp3) is 0.0769. The molecular formula is C26H21NO4. The number of carbonyl (C=O) groups excluding carboxylic acids is 2.